The molecule has 0 amide bonds. The highest BCUT2D eigenvalue weighted by molar-refractivity contribution is 6.31. The molecule has 2 aromatic rings. The van der Waals surface area contributed by atoms with Crippen LogP contribution in [0.5, 0.6) is 0 Å². The molecule has 4 nitrogen and oxygen atoms in total. The maximum atomic E-state index is 6.16. The second-order valence-electron chi connectivity index (χ2n) is 4.44. The van der Waals surface area contributed by atoms with Gasteiger partial charge in [-0.15, -0.1) is 5.10 Å². The van der Waals surface area contributed by atoms with Gasteiger partial charge in [-0.25, -0.2) is 0 Å². The minimum absolute atomic E-state index is 0.194. The number of halogens is 1. The summed E-state index contributed by atoms with van der Waals surface area (Å²) in [6.45, 7) is 2.00. The Balaban J connectivity index is 2.19. The second kappa shape index (κ2) is 5.50. The van der Waals surface area contributed by atoms with Gasteiger partial charge in [0.1, 0.15) is 0 Å². The molecule has 18 heavy (non-hydrogen) atoms. The molecule has 0 fully saturated rings. The Morgan fingerprint density at radius 3 is 2.78 bits per heavy atom. The van der Waals surface area contributed by atoms with Crippen LogP contribution in [0.15, 0.2) is 24.4 Å². The van der Waals surface area contributed by atoms with Gasteiger partial charge in [0.2, 0.25) is 0 Å². The van der Waals surface area contributed by atoms with Gasteiger partial charge in [-0.05, 0) is 31.2 Å². The maximum absolute atomic E-state index is 6.16. The molecule has 1 aromatic carbocycles. The van der Waals surface area contributed by atoms with Gasteiger partial charge in [-0.3, -0.25) is 4.68 Å². The topological polar surface area (TPSA) is 42.7 Å². The Kier molecular flexibility index (Phi) is 3.99. The van der Waals surface area contributed by atoms with E-state index < -0.39 is 0 Å². The van der Waals surface area contributed by atoms with Gasteiger partial charge < -0.3 is 5.32 Å². The van der Waals surface area contributed by atoms with Gasteiger partial charge in [0.05, 0.1) is 5.69 Å². The van der Waals surface area contributed by atoms with E-state index >= 15 is 0 Å². The lowest BCUT2D eigenvalue weighted by Gasteiger charge is -2.16. The van der Waals surface area contributed by atoms with Crippen molar-refractivity contribution in [2.75, 3.05) is 7.05 Å². The van der Waals surface area contributed by atoms with Crippen LogP contribution in [0.1, 0.15) is 22.9 Å². The lowest BCUT2D eigenvalue weighted by atomic mass is 10.0. The van der Waals surface area contributed by atoms with Gasteiger partial charge in [0.25, 0.3) is 0 Å². The highest BCUT2D eigenvalue weighted by Crippen LogP contribution is 2.23. The molecule has 1 heterocycles. The van der Waals surface area contributed by atoms with E-state index in [0.29, 0.717) is 0 Å². The molecule has 0 aliphatic carbocycles. The molecule has 1 aromatic heterocycles. The molecule has 1 N–H and O–H groups in total. The van der Waals surface area contributed by atoms with E-state index in [0.717, 1.165) is 22.7 Å². The SMILES string of the molecule is CNC(Cc1cn(C)nn1)c1ccc(C)c(Cl)c1. The van der Waals surface area contributed by atoms with E-state index in [-0.39, 0.29) is 6.04 Å². The fourth-order valence-electron chi connectivity index (χ4n) is 1.91. The first kappa shape index (κ1) is 13.1. The molecule has 96 valence electrons. The van der Waals surface area contributed by atoms with Crippen molar-refractivity contribution >= 4 is 11.6 Å². The zero-order valence-electron chi connectivity index (χ0n) is 10.8. The smallest absolute Gasteiger partial charge is 0.0845 e. The van der Waals surface area contributed by atoms with Gasteiger partial charge in [0.15, 0.2) is 0 Å². The number of likely N-dealkylation sites (N-methyl/N-ethyl adjacent to an activating group) is 1. The molecular formula is C13H17ClN4. The molecular weight excluding hydrogens is 248 g/mol. The minimum atomic E-state index is 0.194. The van der Waals surface area contributed by atoms with Crippen molar-refractivity contribution < 1.29 is 0 Å². The fraction of sp³-hybridized carbons (Fsp3) is 0.385. The van der Waals surface area contributed by atoms with Gasteiger partial charge in [0, 0.05) is 30.7 Å². The third-order valence-electron chi connectivity index (χ3n) is 3.01. The summed E-state index contributed by atoms with van der Waals surface area (Å²) in [5.74, 6) is 0. The molecule has 1 unspecified atom stereocenters. The monoisotopic (exact) mass is 264 g/mol. The Bertz CT molecular complexity index is 536. The van der Waals surface area contributed by atoms with E-state index in [1.807, 2.05) is 39.3 Å². The summed E-state index contributed by atoms with van der Waals surface area (Å²) in [6.07, 6.45) is 2.73. The highest BCUT2D eigenvalue weighted by atomic mass is 35.5. The number of nitrogens with zero attached hydrogens (tertiary/aromatic N) is 3. The third-order valence-corrected chi connectivity index (χ3v) is 3.42. The summed E-state index contributed by atoms with van der Waals surface area (Å²) >= 11 is 6.16. The summed E-state index contributed by atoms with van der Waals surface area (Å²) in [5.41, 5.74) is 3.22. The van der Waals surface area contributed by atoms with Crippen molar-refractivity contribution in [2.45, 2.75) is 19.4 Å². The zero-order valence-corrected chi connectivity index (χ0v) is 11.6. The van der Waals surface area contributed by atoms with Gasteiger partial charge in [-0.1, -0.05) is 28.9 Å². The predicted octanol–water partition coefficient (Wildman–Crippen LogP) is 2.28. The van der Waals surface area contributed by atoms with Crippen LogP contribution >= 0.6 is 11.6 Å². The Morgan fingerprint density at radius 2 is 2.22 bits per heavy atom. The summed E-state index contributed by atoms with van der Waals surface area (Å²) in [7, 11) is 3.81. The molecule has 1 atom stereocenters. The number of nitrogens with one attached hydrogen (secondary N) is 1. The Morgan fingerprint density at radius 1 is 1.44 bits per heavy atom. The Hall–Kier alpha value is -1.39. The van der Waals surface area contributed by atoms with Crippen LogP contribution in [0.25, 0.3) is 0 Å². The van der Waals surface area contributed by atoms with E-state index in [2.05, 4.69) is 21.7 Å². The standard InChI is InChI=1S/C13H17ClN4/c1-9-4-5-10(6-12(9)14)13(15-2)7-11-8-18(3)17-16-11/h4-6,8,13,15H,7H2,1-3H3. The van der Waals surface area contributed by atoms with Crippen molar-refractivity contribution in [3.05, 3.63) is 46.2 Å². The maximum Gasteiger partial charge on any atom is 0.0845 e. The molecule has 0 saturated carbocycles. The first-order valence-electron chi connectivity index (χ1n) is 5.88. The summed E-state index contributed by atoms with van der Waals surface area (Å²) < 4.78 is 1.71. The van der Waals surface area contributed by atoms with Gasteiger partial charge in [-0.2, -0.15) is 0 Å². The van der Waals surface area contributed by atoms with E-state index in [9.17, 15) is 0 Å². The van der Waals surface area contributed by atoms with Crippen molar-refractivity contribution in [3.8, 4) is 0 Å². The first-order chi connectivity index (χ1) is 8.60. The quantitative estimate of drug-likeness (QED) is 0.921. The number of benzene rings is 1. The predicted molar refractivity (Wildman–Crippen MR) is 72.7 cm³/mol. The molecule has 0 bridgehead atoms. The molecule has 5 heteroatoms. The average Bonchev–Trinajstić information content (AvgIpc) is 2.75. The molecule has 0 radical (unpaired) electrons. The molecule has 2 rings (SSSR count). The van der Waals surface area contributed by atoms with Crippen molar-refractivity contribution in [1.29, 1.82) is 0 Å². The van der Waals surface area contributed by atoms with E-state index in [4.69, 9.17) is 11.6 Å². The first-order valence-corrected chi connectivity index (χ1v) is 6.26. The van der Waals surface area contributed by atoms with Crippen molar-refractivity contribution in [1.82, 2.24) is 20.3 Å². The Labute approximate surface area is 112 Å². The van der Waals surface area contributed by atoms with Crippen LogP contribution in [0.3, 0.4) is 0 Å². The van der Waals surface area contributed by atoms with Crippen LogP contribution < -0.4 is 5.32 Å². The average molecular weight is 265 g/mol. The fourth-order valence-corrected chi connectivity index (χ4v) is 2.10. The highest BCUT2D eigenvalue weighted by Gasteiger charge is 2.13. The van der Waals surface area contributed by atoms with Crippen LogP contribution in [0.2, 0.25) is 5.02 Å². The van der Waals surface area contributed by atoms with Crippen LogP contribution in [-0.4, -0.2) is 22.0 Å². The molecule has 0 saturated heterocycles. The van der Waals surface area contributed by atoms with Crippen LogP contribution in [0, 0.1) is 6.92 Å². The number of rotatable bonds is 4. The van der Waals surface area contributed by atoms with E-state index in [1.54, 1.807) is 4.68 Å². The van der Waals surface area contributed by atoms with Gasteiger partial charge >= 0.3 is 0 Å². The summed E-state index contributed by atoms with van der Waals surface area (Å²) in [5, 5.41) is 12.1. The molecule has 0 spiro atoms. The van der Waals surface area contributed by atoms with Crippen molar-refractivity contribution in [2.24, 2.45) is 7.05 Å². The number of hydrogen-bond donors (Lipinski definition) is 1. The third kappa shape index (κ3) is 2.89. The molecule has 0 aliphatic heterocycles. The second-order valence-corrected chi connectivity index (χ2v) is 4.84. The molecule has 0 aliphatic rings. The number of hydrogen-bond acceptors (Lipinski definition) is 3. The lowest BCUT2D eigenvalue weighted by Crippen LogP contribution is -2.19. The zero-order chi connectivity index (χ0) is 13.1. The number of aryl methyl sites for hydroxylation is 2. The van der Waals surface area contributed by atoms with E-state index in [1.165, 1.54) is 5.56 Å². The largest absolute Gasteiger partial charge is 0.313 e. The van der Waals surface area contributed by atoms with Crippen LogP contribution in [0.4, 0.5) is 0 Å². The summed E-state index contributed by atoms with van der Waals surface area (Å²) in [4.78, 5) is 0. The minimum Gasteiger partial charge on any atom is -0.313 e. The van der Waals surface area contributed by atoms with Crippen molar-refractivity contribution in [3.63, 3.8) is 0 Å². The van der Waals surface area contributed by atoms with Crippen LogP contribution in [-0.2, 0) is 13.5 Å². The number of aromatic nitrogens is 3. The normalized spacial score (nSPS) is 12.7. The lowest BCUT2D eigenvalue weighted by molar-refractivity contribution is 0.583. The summed E-state index contributed by atoms with van der Waals surface area (Å²) in [6, 6.07) is 6.34.